The van der Waals surface area contributed by atoms with Crippen LogP contribution in [-0.2, 0) is 16.0 Å². The minimum Gasteiger partial charge on any atom is -0.356 e. The first-order valence-electron chi connectivity index (χ1n) is 7.65. The van der Waals surface area contributed by atoms with E-state index in [-0.39, 0.29) is 11.8 Å². The van der Waals surface area contributed by atoms with Crippen molar-refractivity contribution in [1.29, 1.82) is 0 Å². The maximum atomic E-state index is 11.8. The average Bonchev–Trinajstić information content (AvgIpc) is 2.45. The number of rotatable bonds is 8. The topological polar surface area (TPSA) is 49.4 Å². The zero-order valence-corrected chi connectivity index (χ0v) is 14.3. The van der Waals surface area contributed by atoms with Gasteiger partial charge in [-0.15, -0.1) is 0 Å². The zero-order valence-electron chi connectivity index (χ0n) is 13.6. The maximum absolute atomic E-state index is 11.8. The van der Waals surface area contributed by atoms with Crippen molar-refractivity contribution in [2.75, 3.05) is 19.6 Å². The van der Waals surface area contributed by atoms with E-state index in [1.165, 1.54) is 0 Å². The Morgan fingerprint density at radius 3 is 2.41 bits per heavy atom. The molecule has 0 spiro atoms. The molecule has 5 heteroatoms. The highest BCUT2D eigenvalue weighted by Gasteiger charge is 2.12. The van der Waals surface area contributed by atoms with Crippen LogP contribution < -0.4 is 5.32 Å². The first kappa shape index (κ1) is 18.5. The molecule has 0 radical (unpaired) electrons. The van der Waals surface area contributed by atoms with E-state index in [0.29, 0.717) is 37.0 Å². The van der Waals surface area contributed by atoms with Crippen LogP contribution in [0.2, 0.25) is 5.02 Å². The van der Waals surface area contributed by atoms with Gasteiger partial charge in [-0.3, -0.25) is 9.59 Å². The van der Waals surface area contributed by atoms with Gasteiger partial charge in [0.1, 0.15) is 0 Å². The monoisotopic (exact) mass is 324 g/mol. The van der Waals surface area contributed by atoms with Gasteiger partial charge in [-0.25, -0.2) is 0 Å². The van der Waals surface area contributed by atoms with E-state index in [0.717, 1.165) is 12.0 Å². The molecule has 1 aromatic rings. The Bertz CT molecular complexity index is 486. The lowest BCUT2D eigenvalue weighted by atomic mass is 10.1. The molecule has 0 heterocycles. The molecule has 0 aromatic heterocycles. The summed E-state index contributed by atoms with van der Waals surface area (Å²) < 4.78 is 0. The minimum absolute atomic E-state index is 0.0164. The molecule has 122 valence electrons. The Hall–Kier alpha value is -1.55. The van der Waals surface area contributed by atoms with Gasteiger partial charge in [0.2, 0.25) is 11.8 Å². The third-order valence-corrected chi connectivity index (χ3v) is 3.54. The lowest BCUT2D eigenvalue weighted by molar-refractivity contribution is -0.130. The SMILES string of the molecule is CC(=O)N(CCC(=O)NCCc1ccc(Cl)cc1)CC(C)C. The van der Waals surface area contributed by atoms with E-state index in [9.17, 15) is 9.59 Å². The summed E-state index contributed by atoms with van der Waals surface area (Å²) in [5.74, 6) is 0.392. The molecule has 0 atom stereocenters. The lowest BCUT2D eigenvalue weighted by Crippen LogP contribution is -2.36. The summed E-state index contributed by atoms with van der Waals surface area (Å²) in [4.78, 5) is 25.1. The van der Waals surface area contributed by atoms with E-state index < -0.39 is 0 Å². The first-order chi connectivity index (χ1) is 10.4. The van der Waals surface area contributed by atoms with E-state index in [4.69, 9.17) is 11.6 Å². The molecule has 0 saturated carbocycles. The second kappa shape index (κ2) is 9.46. The third-order valence-electron chi connectivity index (χ3n) is 3.29. The van der Waals surface area contributed by atoms with Crippen LogP contribution in [-0.4, -0.2) is 36.3 Å². The Kier molecular flexibility index (Phi) is 7.96. The molecular weight excluding hydrogens is 300 g/mol. The molecule has 0 aliphatic carbocycles. The van der Waals surface area contributed by atoms with Crippen LogP contribution in [0.5, 0.6) is 0 Å². The van der Waals surface area contributed by atoms with Gasteiger partial charge in [0.15, 0.2) is 0 Å². The molecule has 4 nitrogen and oxygen atoms in total. The molecular formula is C17H25ClN2O2. The zero-order chi connectivity index (χ0) is 16.5. The number of halogens is 1. The number of hydrogen-bond donors (Lipinski definition) is 1. The molecule has 0 saturated heterocycles. The van der Waals surface area contributed by atoms with Crippen molar-refractivity contribution in [3.63, 3.8) is 0 Å². The van der Waals surface area contributed by atoms with Gasteiger partial charge in [0, 0.05) is 38.0 Å². The fraction of sp³-hybridized carbons (Fsp3) is 0.529. The highest BCUT2D eigenvalue weighted by atomic mass is 35.5. The van der Waals surface area contributed by atoms with Crippen molar-refractivity contribution in [3.05, 3.63) is 34.9 Å². The Balaban J connectivity index is 2.27. The first-order valence-corrected chi connectivity index (χ1v) is 8.03. The predicted octanol–water partition coefficient (Wildman–Crippen LogP) is 2.89. The average molecular weight is 325 g/mol. The van der Waals surface area contributed by atoms with Crippen LogP contribution in [0.25, 0.3) is 0 Å². The summed E-state index contributed by atoms with van der Waals surface area (Å²) in [5, 5.41) is 3.59. The molecule has 0 fully saturated rings. The van der Waals surface area contributed by atoms with Crippen LogP contribution in [0.4, 0.5) is 0 Å². The van der Waals surface area contributed by atoms with Crippen molar-refractivity contribution in [2.24, 2.45) is 5.92 Å². The van der Waals surface area contributed by atoms with E-state index in [2.05, 4.69) is 19.2 Å². The van der Waals surface area contributed by atoms with Gasteiger partial charge in [-0.1, -0.05) is 37.6 Å². The molecule has 0 aliphatic rings. The molecule has 1 N–H and O–H groups in total. The molecule has 0 unspecified atom stereocenters. The standard InChI is InChI=1S/C17H25ClN2O2/c1-13(2)12-20(14(3)21)11-9-17(22)19-10-8-15-4-6-16(18)7-5-15/h4-7,13H,8-12H2,1-3H3,(H,19,22). The summed E-state index contributed by atoms with van der Waals surface area (Å²) in [6.45, 7) is 7.41. The van der Waals surface area contributed by atoms with Crippen molar-refractivity contribution in [1.82, 2.24) is 10.2 Å². The second-order valence-corrected chi connectivity index (χ2v) is 6.27. The smallest absolute Gasteiger partial charge is 0.221 e. The summed E-state index contributed by atoms with van der Waals surface area (Å²) in [6.07, 6.45) is 1.11. The maximum Gasteiger partial charge on any atom is 0.221 e. The largest absolute Gasteiger partial charge is 0.356 e. The second-order valence-electron chi connectivity index (χ2n) is 5.84. The van der Waals surface area contributed by atoms with Gasteiger partial charge in [-0.2, -0.15) is 0 Å². The quantitative estimate of drug-likeness (QED) is 0.799. The van der Waals surface area contributed by atoms with Crippen LogP contribution >= 0.6 is 11.6 Å². The van der Waals surface area contributed by atoms with Crippen molar-refractivity contribution < 1.29 is 9.59 Å². The molecule has 1 rings (SSSR count). The van der Waals surface area contributed by atoms with Crippen LogP contribution in [0, 0.1) is 5.92 Å². The molecule has 2 amide bonds. The third kappa shape index (κ3) is 7.46. The molecule has 0 aliphatic heterocycles. The van der Waals surface area contributed by atoms with Crippen molar-refractivity contribution in [3.8, 4) is 0 Å². The molecule has 0 bridgehead atoms. The summed E-state index contributed by atoms with van der Waals surface area (Å²) in [7, 11) is 0. The van der Waals surface area contributed by atoms with E-state index >= 15 is 0 Å². The van der Waals surface area contributed by atoms with Gasteiger partial charge in [0.25, 0.3) is 0 Å². The van der Waals surface area contributed by atoms with E-state index in [1.807, 2.05) is 24.3 Å². The highest BCUT2D eigenvalue weighted by Crippen LogP contribution is 2.09. The number of carbonyl (C=O) groups is 2. The predicted molar refractivity (Wildman–Crippen MR) is 89.9 cm³/mol. The number of nitrogens with one attached hydrogen (secondary N) is 1. The lowest BCUT2D eigenvalue weighted by Gasteiger charge is -2.22. The summed E-state index contributed by atoms with van der Waals surface area (Å²) >= 11 is 5.83. The summed E-state index contributed by atoms with van der Waals surface area (Å²) in [5.41, 5.74) is 1.13. The Morgan fingerprint density at radius 1 is 1.23 bits per heavy atom. The highest BCUT2D eigenvalue weighted by molar-refractivity contribution is 6.30. The number of nitrogens with zero attached hydrogens (tertiary/aromatic N) is 1. The van der Waals surface area contributed by atoms with Crippen LogP contribution in [0.3, 0.4) is 0 Å². The number of benzene rings is 1. The van der Waals surface area contributed by atoms with Gasteiger partial charge in [0.05, 0.1) is 0 Å². The normalized spacial score (nSPS) is 10.6. The van der Waals surface area contributed by atoms with Crippen LogP contribution in [0.1, 0.15) is 32.8 Å². The fourth-order valence-corrected chi connectivity index (χ4v) is 2.27. The van der Waals surface area contributed by atoms with Crippen LogP contribution in [0.15, 0.2) is 24.3 Å². The Morgan fingerprint density at radius 2 is 1.86 bits per heavy atom. The fourth-order valence-electron chi connectivity index (χ4n) is 2.14. The van der Waals surface area contributed by atoms with E-state index in [1.54, 1.807) is 11.8 Å². The van der Waals surface area contributed by atoms with Crippen molar-refractivity contribution in [2.45, 2.75) is 33.6 Å². The number of hydrogen-bond acceptors (Lipinski definition) is 2. The van der Waals surface area contributed by atoms with Gasteiger partial charge < -0.3 is 10.2 Å². The molecule has 1 aromatic carbocycles. The van der Waals surface area contributed by atoms with Crippen molar-refractivity contribution >= 4 is 23.4 Å². The number of carbonyl (C=O) groups excluding carboxylic acids is 2. The van der Waals surface area contributed by atoms with Gasteiger partial charge >= 0.3 is 0 Å². The number of amides is 2. The Labute approximate surface area is 137 Å². The molecule has 22 heavy (non-hydrogen) atoms. The summed E-state index contributed by atoms with van der Waals surface area (Å²) in [6, 6.07) is 7.59. The minimum atomic E-state index is -0.0241. The van der Waals surface area contributed by atoms with Gasteiger partial charge in [-0.05, 0) is 30.0 Å².